The van der Waals surface area contributed by atoms with Crippen molar-refractivity contribution in [3.63, 3.8) is 0 Å². The molecule has 0 atom stereocenters. The molecule has 4 rings (SSSR count). The summed E-state index contributed by atoms with van der Waals surface area (Å²) in [6, 6.07) is 12.6. The molecule has 5 nitrogen and oxygen atoms in total. The van der Waals surface area contributed by atoms with Gasteiger partial charge >= 0.3 is 0 Å². The number of nitrogens with zero attached hydrogens (tertiary/aromatic N) is 3. The number of hydrogen-bond acceptors (Lipinski definition) is 4. The second kappa shape index (κ2) is 7.46. The zero-order chi connectivity index (χ0) is 17.9. The van der Waals surface area contributed by atoms with Gasteiger partial charge in [0.05, 0.1) is 6.10 Å². The fraction of sp³-hybridized carbons (Fsp3) is 0.429. The molecule has 0 saturated carbocycles. The van der Waals surface area contributed by atoms with Gasteiger partial charge in [0.2, 0.25) is 0 Å². The van der Waals surface area contributed by atoms with E-state index in [1.54, 1.807) is 6.20 Å². The standard InChI is InChI=1S/C21H26N4O/c1-15(2)26-18-6-3-5-16(13-18)14-25-11-8-17(9-12-25)20-19-7-4-10-22-21(19)24-23-20/h3-7,10,13,15,17H,8-9,11-12,14H2,1-2H3,(H,22,23,24). The Bertz CT molecular complexity index is 865. The van der Waals surface area contributed by atoms with Crippen LogP contribution < -0.4 is 4.74 Å². The molecule has 1 saturated heterocycles. The molecule has 1 aromatic carbocycles. The SMILES string of the molecule is CC(C)Oc1cccc(CN2CCC(c3[nH]nc4ncccc34)CC2)c1. The van der Waals surface area contributed by atoms with Crippen LogP contribution in [0.4, 0.5) is 0 Å². The lowest BCUT2D eigenvalue weighted by Crippen LogP contribution is -2.32. The van der Waals surface area contributed by atoms with Crippen LogP contribution in [0.25, 0.3) is 11.0 Å². The van der Waals surface area contributed by atoms with Crippen molar-refractivity contribution in [2.75, 3.05) is 13.1 Å². The average molecular weight is 350 g/mol. The Morgan fingerprint density at radius 2 is 2.04 bits per heavy atom. The smallest absolute Gasteiger partial charge is 0.181 e. The average Bonchev–Trinajstić information content (AvgIpc) is 3.06. The second-order valence-corrected chi connectivity index (χ2v) is 7.38. The van der Waals surface area contributed by atoms with Gasteiger partial charge in [-0.1, -0.05) is 12.1 Å². The number of pyridine rings is 1. The second-order valence-electron chi connectivity index (χ2n) is 7.38. The van der Waals surface area contributed by atoms with Crippen LogP contribution in [0.5, 0.6) is 5.75 Å². The monoisotopic (exact) mass is 350 g/mol. The minimum atomic E-state index is 0.208. The van der Waals surface area contributed by atoms with Crippen LogP contribution >= 0.6 is 0 Å². The minimum Gasteiger partial charge on any atom is -0.491 e. The van der Waals surface area contributed by atoms with Crippen molar-refractivity contribution in [1.82, 2.24) is 20.1 Å². The van der Waals surface area contributed by atoms with Crippen LogP contribution in [0.3, 0.4) is 0 Å². The van der Waals surface area contributed by atoms with Crippen molar-refractivity contribution < 1.29 is 4.74 Å². The van der Waals surface area contributed by atoms with Crippen LogP contribution in [-0.2, 0) is 6.54 Å². The molecule has 0 bridgehead atoms. The molecule has 0 unspecified atom stereocenters. The third kappa shape index (κ3) is 3.73. The molecule has 5 heteroatoms. The van der Waals surface area contributed by atoms with Crippen LogP contribution in [0.2, 0.25) is 0 Å². The first-order valence-corrected chi connectivity index (χ1v) is 9.46. The van der Waals surface area contributed by atoms with Crippen molar-refractivity contribution in [2.45, 2.75) is 45.3 Å². The molecular formula is C21H26N4O. The number of ether oxygens (including phenoxy) is 1. The van der Waals surface area contributed by atoms with Gasteiger partial charge in [-0.25, -0.2) is 4.98 Å². The predicted octanol–water partition coefficient (Wildman–Crippen LogP) is 4.12. The Kier molecular flexibility index (Phi) is 4.89. The van der Waals surface area contributed by atoms with E-state index in [1.807, 2.05) is 12.1 Å². The Morgan fingerprint density at radius 3 is 2.85 bits per heavy atom. The molecule has 136 valence electrons. The van der Waals surface area contributed by atoms with Gasteiger partial charge in [-0.2, -0.15) is 5.10 Å². The number of aromatic amines is 1. The summed E-state index contributed by atoms with van der Waals surface area (Å²) in [5.41, 5.74) is 3.39. The summed E-state index contributed by atoms with van der Waals surface area (Å²) in [6.45, 7) is 7.30. The number of H-pyrrole nitrogens is 1. The van der Waals surface area contributed by atoms with E-state index in [4.69, 9.17) is 4.74 Å². The fourth-order valence-electron chi connectivity index (χ4n) is 3.81. The van der Waals surface area contributed by atoms with E-state index in [9.17, 15) is 0 Å². The lowest BCUT2D eigenvalue weighted by molar-refractivity contribution is 0.202. The van der Waals surface area contributed by atoms with Gasteiger partial charge in [0.25, 0.3) is 0 Å². The van der Waals surface area contributed by atoms with E-state index >= 15 is 0 Å². The summed E-state index contributed by atoms with van der Waals surface area (Å²) < 4.78 is 5.82. The third-order valence-corrected chi connectivity index (χ3v) is 5.03. The van der Waals surface area contributed by atoms with Gasteiger partial charge in [0, 0.05) is 29.7 Å². The maximum absolute atomic E-state index is 5.82. The van der Waals surface area contributed by atoms with Crippen LogP contribution in [0.15, 0.2) is 42.6 Å². The Hall–Kier alpha value is -2.40. The van der Waals surface area contributed by atoms with E-state index < -0.39 is 0 Å². The predicted molar refractivity (Wildman–Crippen MR) is 103 cm³/mol. The number of likely N-dealkylation sites (tertiary alicyclic amines) is 1. The maximum Gasteiger partial charge on any atom is 0.181 e. The summed E-state index contributed by atoms with van der Waals surface area (Å²) in [7, 11) is 0. The first-order chi connectivity index (χ1) is 12.7. The van der Waals surface area contributed by atoms with Crippen LogP contribution in [-0.4, -0.2) is 39.3 Å². The highest BCUT2D eigenvalue weighted by Gasteiger charge is 2.23. The molecule has 1 aliphatic rings. The largest absolute Gasteiger partial charge is 0.491 e. The summed E-state index contributed by atoms with van der Waals surface area (Å²) in [4.78, 5) is 6.86. The minimum absolute atomic E-state index is 0.208. The molecule has 1 fully saturated rings. The molecule has 0 aliphatic carbocycles. The van der Waals surface area contributed by atoms with Gasteiger partial charge in [-0.3, -0.25) is 10.00 Å². The van der Waals surface area contributed by atoms with Crippen LogP contribution in [0, 0.1) is 0 Å². The molecule has 26 heavy (non-hydrogen) atoms. The molecule has 0 spiro atoms. The van der Waals surface area contributed by atoms with Gasteiger partial charge in [-0.05, 0) is 69.6 Å². The van der Waals surface area contributed by atoms with E-state index in [-0.39, 0.29) is 6.10 Å². The molecule has 1 N–H and O–H groups in total. The molecule has 2 aromatic heterocycles. The summed E-state index contributed by atoms with van der Waals surface area (Å²) >= 11 is 0. The Labute approximate surface area is 154 Å². The molecular weight excluding hydrogens is 324 g/mol. The highest BCUT2D eigenvalue weighted by Crippen LogP contribution is 2.31. The van der Waals surface area contributed by atoms with Gasteiger partial charge < -0.3 is 4.74 Å². The van der Waals surface area contributed by atoms with Gasteiger partial charge in [0.1, 0.15) is 5.75 Å². The van der Waals surface area contributed by atoms with Crippen molar-refractivity contribution in [3.05, 3.63) is 53.9 Å². The zero-order valence-electron chi connectivity index (χ0n) is 15.5. The molecule has 0 amide bonds. The van der Waals surface area contributed by atoms with Crippen LogP contribution in [0.1, 0.15) is 43.9 Å². The lowest BCUT2D eigenvalue weighted by atomic mass is 9.92. The quantitative estimate of drug-likeness (QED) is 0.752. The topological polar surface area (TPSA) is 54.0 Å². The summed E-state index contributed by atoms with van der Waals surface area (Å²) in [5, 5.41) is 8.75. The summed E-state index contributed by atoms with van der Waals surface area (Å²) in [5.74, 6) is 1.50. The van der Waals surface area contributed by atoms with Crippen molar-refractivity contribution >= 4 is 11.0 Å². The first-order valence-electron chi connectivity index (χ1n) is 9.46. The number of nitrogens with one attached hydrogen (secondary N) is 1. The Balaban J connectivity index is 1.38. The molecule has 0 radical (unpaired) electrons. The number of aromatic nitrogens is 3. The highest BCUT2D eigenvalue weighted by molar-refractivity contribution is 5.77. The number of piperidine rings is 1. The highest BCUT2D eigenvalue weighted by atomic mass is 16.5. The molecule has 3 aromatic rings. The van der Waals surface area contributed by atoms with E-state index in [0.29, 0.717) is 5.92 Å². The van der Waals surface area contributed by atoms with Crippen molar-refractivity contribution in [1.29, 1.82) is 0 Å². The summed E-state index contributed by atoms with van der Waals surface area (Å²) in [6.07, 6.45) is 4.30. The maximum atomic E-state index is 5.82. The zero-order valence-corrected chi connectivity index (χ0v) is 15.5. The number of benzene rings is 1. The van der Waals surface area contributed by atoms with Crippen molar-refractivity contribution in [2.24, 2.45) is 0 Å². The number of hydrogen-bond donors (Lipinski definition) is 1. The number of fused-ring (bicyclic) bond motifs is 1. The third-order valence-electron chi connectivity index (χ3n) is 5.03. The van der Waals surface area contributed by atoms with E-state index in [0.717, 1.165) is 43.9 Å². The van der Waals surface area contributed by atoms with Gasteiger partial charge in [-0.15, -0.1) is 0 Å². The first kappa shape index (κ1) is 17.0. The lowest BCUT2D eigenvalue weighted by Gasteiger charge is -2.31. The van der Waals surface area contributed by atoms with Gasteiger partial charge in [0.15, 0.2) is 5.65 Å². The van der Waals surface area contributed by atoms with E-state index in [1.165, 1.54) is 16.6 Å². The normalized spacial score (nSPS) is 16.4. The Morgan fingerprint density at radius 1 is 1.19 bits per heavy atom. The fourth-order valence-corrected chi connectivity index (χ4v) is 3.81. The molecule has 1 aliphatic heterocycles. The van der Waals surface area contributed by atoms with Crippen molar-refractivity contribution in [3.8, 4) is 5.75 Å². The number of rotatable bonds is 5. The molecule has 3 heterocycles. The van der Waals surface area contributed by atoms with E-state index in [2.05, 4.69) is 58.2 Å².